The third-order valence-electron chi connectivity index (χ3n) is 4.84. The molecule has 1 N–H and O–H groups in total. The second-order valence-electron chi connectivity index (χ2n) is 6.65. The van der Waals surface area contributed by atoms with E-state index in [1.165, 1.54) is 30.6 Å². The minimum absolute atomic E-state index is 0.0237. The molecule has 0 saturated carbocycles. The summed E-state index contributed by atoms with van der Waals surface area (Å²) in [5.41, 5.74) is 0.675. The molecule has 26 heavy (non-hydrogen) atoms. The Kier molecular flexibility index (Phi) is 7.09. The molecule has 1 saturated heterocycles. The molecular weight excluding hydrogens is 344 g/mol. The molecule has 1 aliphatic heterocycles. The van der Waals surface area contributed by atoms with Gasteiger partial charge in [-0.05, 0) is 68.6 Å². The Morgan fingerprint density at radius 2 is 1.88 bits per heavy atom. The third-order valence-corrected chi connectivity index (χ3v) is 5.81. The summed E-state index contributed by atoms with van der Waals surface area (Å²) < 4.78 is 5.44. The summed E-state index contributed by atoms with van der Waals surface area (Å²) in [6.45, 7) is 5.45. The second-order valence-corrected chi connectivity index (χ2v) is 7.63. The van der Waals surface area contributed by atoms with Crippen molar-refractivity contribution in [2.75, 3.05) is 26.2 Å². The Morgan fingerprint density at radius 1 is 1.15 bits per heavy atom. The first-order valence-electron chi connectivity index (χ1n) is 9.56. The first-order valence-corrected chi connectivity index (χ1v) is 10.4. The molecule has 1 aromatic heterocycles. The van der Waals surface area contributed by atoms with E-state index in [4.69, 9.17) is 4.74 Å². The maximum Gasteiger partial charge on any atom is 0.251 e. The lowest BCUT2D eigenvalue weighted by molar-refractivity contribution is 0.0934. The lowest BCUT2D eigenvalue weighted by Crippen LogP contribution is -2.38. The molecule has 1 amide bonds. The van der Waals surface area contributed by atoms with Gasteiger partial charge < -0.3 is 10.1 Å². The van der Waals surface area contributed by atoms with Crippen LogP contribution in [0.15, 0.2) is 41.8 Å². The fourth-order valence-corrected chi connectivity index (χ4v) is 4.32. The highest BCUT2D eigenvalue weighted by atomic mass is 32.1. The molecule has 3 rings (SSSR count). The normalized spacial score (nSPS) is 16.7. The Labute approximate surface area is 160 Å². The average Bonchev–Trinajstić information content (AvgIpc) is 3.05. The molecule has 2 aromatic rings. The van der Waals surface area contributed by atoms with Crippen LogP contribution in [0.25, 0.3) is 0 Å². The van der Waals surface area contributed by atoms with Crippen LogP contribution in [0.5, 0.6) is 5.75 Å². The van der Waals surface area contributed by atoms with Crippen molar-refractivity contribution in [3.05, 3.63) is 52.2 Å². The fourth-order valence-electron chi connectivity index (χ4n) is 3.46. The van der Waals surface area contributed by atoms with Gasteiger partial charge in [0.2, 0.25) is 0 Å². The van der Waals surface area contributed by atoms with Gasteiger partial charge in [0.15, 0.2) is 0 Å². The highest BCUT2D eigenvalue weighted by Gasteiger charge is 2.23. The molecule has 0 radical (unpaired) electrons. The Hall–Kier alpha value is -1.85. The van der Waals surface area contributed by atoms with Crippen LogP contribution in [-0.4, -0.2) is 37.0 Å². The van der Waals surface area contributed by atoms with Gasteiger partial charge in [-0.3, -0.25) is 9.69 Å². The fraction of sp³-hybridized carbons (Fsp3) is 0.476. The summed E-state index contributed by atoms with van der Waals surface area (Å²) in [6.07, 6.45) is 5.11. The number of benzene rings is 1. The number of carbonyl (C=O) groups is 1. The third kappa shape index (κ3) is 5.08. The smallest absolute Gasteiger partial charge is 0.251 e. The SMILES string of the molecule is CCOc1ccc(C(=O)NC[C@H](c2cccs2)N2CCCCCC2)cc1. The van der Waals surface area contributed by atoms with E-state index in [1.54, 1.807) is 11.3 Å². The van der Waals surface area contributed by atoms with Crippen LogP contribution in [0.4, 0.5) is 0 Å². The molecule has 5 heteroatoms. The van der Waals surface area contributed by atoms with E-state index in [1.807, 2.05) is 31.2 Å². The van der Waals surface area contributed by atoms with E-state index >= 15 is 0 Å². The lowest BCUT2D eigenvalue weighted by Gasteiger charge is -2.30. The van der Waals surface area contributed by atoms with Crippen molar-refractivity contribution < 1.29 is 9.53 Å². The van der Waals surface area contributed by atoms with Gasteiger partial charge in [-0.25, -0.2) is 0 Å². The van der Waals surface area contributed by atoms with E-state index in [0.29, 0.717) is 18.7 Å². The number of likely N-dealkylation sites (tertiary alicyclic amines) is 1. The van der Waals surface area contributed by atoms with Crippen LogP contribution in [0.2, 0.25) is 0 Å². The van der Waals surface area contributed by atoms with Gasteiger partial charge in [0, 0.05) is 17.0 Å². The minimum Gasteiger partial charge on any atom is -0.494 e. The van der Waals surface area contributed by atoms with Crippen molar-refractivity contribution in [3.8, 4) is 5.75 Å². The topological polar surface area (TPSA) is 41.6 Å². The van der Waals surface area contributed by atoms with Gasteiger partial charge in [0.25, 0.3) is 5.91 Å². The highest BCUT2D eigenvalue weighted by Crippen LogP contribution is 2.27. The standard InChI is InChI=1S/C21H28N2O2S/c1-2-25-18-11-9-17(10-12-18)21(24)22-16-19(20-8-7-15-26-20)23-13-5-3-4-6-14-23/h7-12,15,19H,2-6,13-14,16H2,1H3,(H,22,24)/t19-/m1/s1. The van der Waals surface area contributed by atoms with Crippen molar-refractivity contribution in [2.24, 2.45) is 0 Å². The lowest BCUT2D eigenvalue weighted by atomic mass is 10.1. The molecule has 2 heterocycles. The van der Waals surface area contributed by atoms with Gasteiger partial charge in [-0.2, -0.15) is 0 Å². The quantitative estimate of drug-likeness (QED) is 0.778. The average molecular weight is 373 g/mol. The number of amides is 1. The number of hydrogen-bond donors (Lipinski definition) is 1. The van der Waals surface area contributed by atoms with Gasteiger partial charge in [-0.15, -0.1) is 11.3 Å². The van der Waals surface area contributed by atoms with Gasteiger partial charge >= 0.3 is 0 Å². The predicted molar refractivity (Wildman–Crippen MR) is 107 cm³/mol. The van der Waals surface area contributed by atoms with E-state index < -0.39 is 0 Å². The van der Waals surface area contributed by atoms with Gasteiger partial charge in [0.05, 0.1) is 12.6 Å². The van der Waals surface area contributed by atoms with Crippen molar-refractivity contribution in [3.63, 3.8) is 0 Å². The number of thiophene rings is 1. The molecule has 0 spiro atoms. The molecule has 1 aromatic carbocycles. The highest BCUT2D eigenvalue weighted by molar-refractivity contribution is 7.10. The zero-order valence-electron chi connectivity index (χ0n) is 15.4. The zero-order chi connectivity index (χ0) is 18.2. The molecule has 0 unspecified atom stereocenters. The molecule has 4 nitrogen and oxygen atoms in total. The van der Waals surface area contributed by atoms with Crippen LogP contribution < -0.4 is 10.1 Å². The summed E-state index contributed by atoms with van der Waals surface area (Å²) >= 11 is 1.78. The Bertz CT molecular complexity index is 662. The van der Waals surface area contributed by atoms with Crippen molar-refractivity contribution in [1.82, 2.24) is 10.2 Å². The summed E-state index contributed by atoms with van der Waals surface area (Å²) in [5, 5.41) is 5.26. The predicted octanol–water partition coefficient (Wildman–Crippen LogP) is 4.49. The van der Waals surface area contributed by atoms with Crippen LogP contribution >= 0.6 is 11.3 Å². The first-order chi connectivity index (χ1) is 12.8. The largest absolute Gasteiger partial charge is 0.494 e. The van der Waals surface area contributed by atoms with E-state index in [0.717, 1.165) is 18.8 Å². The molecule has 1 aliphatic rings. The van der Waals surface area contributed by atoms with Crippen molar-refractivity contribution in [2.45, 2.75) is 38.6 Å². The first kappa shape index (κ1) is 18.9. The zero-order valence-corrected chi connectivity index (χ0v) is 16.3. The van der Waals surface area contributed by atoms with Crippen LogP contribution in [-0.2, 0) is 0 Å². The molecule has 1 atom stereocenters. The monoisotopic (exact) mass is 372 g/mol. The Balaban J connectivity index is 1.64. The number of hydrogen-bond acceptors (Lipinski definition) is 4. The number of nitrogens with zero attached hydrogens (tertiary/aromatic N) is 1. The maximum absolute atomic E-state index is 12.6. The molecule has 140 valence electrons. The Morgan fingerprint density at radius 3 is 2.50 bits per heavy atom. The van der Waals surface area contributed by atoms with Crippen LogP contribution in [0.1, 0.15) is 53.9 Å². The molecular formula is C21H28N2O2S. The number of carbonyl (C=O) groups excluding carboxylic acids is 1. The summed E-state index contributed by atoms with van der Waals surface area (Å²) in [6, 6.07) is 11.9. The minimum atomic E-state index is -0.0237. The number of nitrogens with one attached hydrogen (secondary N) is 1. The molecule has 0 aliphatic carbocycles. The summed E-state index contributed by atoms with van der Waals surface area (Å²) in [7, 11) is 0. The number of rotatable bonds is 7. The van der Waals surface area contributed by atoms with Crippen molar-refractivity contribution in [1.29, 1.82) is 0 Å². The van der Waals surface area contributed by atoms with E-state index in [9.17, 15) is 4.79 Å². The number of ether oxygens (including phenoxy) is 1. The van der Waals surface area contributed by atoms with E-state index in [-0.39, 0.29) is 11.9 Å². The maximum atomic E-state index is 12.6. The summed E-state index contributed by atoms with van der Waals surface area (Å²) in [5.74, 6) is 0.773. The molecule has 1 fully saturated rings. The van der Waals surface area contributed by atoms with Gasteiger partial charge in [-0.1, -0.05) is 18.9 Å². The van der Waals surface area contributed by atoms with E-state index in [2.05, 4.69) is 27.7 Å². The summed E-state index contributed by atoms with van der Waals surface area (Å²) in [4.78, 5) is 16.4. The van der Waals surface area contributed by atoms with Gasteiger partial charge in [0.1, 0.15) is 5.75 Å². The van der Waals surface area contributed by atoms with Crippen LogP contribution in [0.3, 0.4) is 0 Å². The molecule has 0 bridgehead atoms. The van der Waals surface area contributed by atoms with Crippen molar-refractivity contribution >= 4 is 17.2 Å². The van der Waals surface area contributed by atoms with Crippen LogP contribution in [0, 0.1) is 0 Å². The second kappa shape index (κ2) is 9.74.